The van der Waals surface area contributed by atoms with Crippen LogP contribution in [-0.4, -0.2) is 160 Å². The highest BCUT2D eigenvalue weighted by Gasteiger charge is 2.51. The highest BCUT2D eigenvalue weighted by atomic mass is 127. The van der Waals surface area contributed by atoms with E-state index in [4.69, 9.17) is 64.4 Å². The van der Waals surface area contributed by atoms with Crippen molar-refractivity contribution in [3.05, 3.63) is 219 Å². The molecule has 0 saturated heterocycles. The second kappa shape index (κ2) is 40.9. The number of hydrogen-bond acceptors (Lipinski definition) is 22. The molecular formula is C87H97BF9IN8O20. The second-order valence-electron chi connectivity index (χ2n) is 33.1. The van der Waals surface area contributed by atoms with Crippen LogP contribution in [-0.2, 0) is 71.4 Å². The fraction of sp³-hybridized carbons (Fsp3) is 0.402. The summed E-state index contributed by atoms with van der Waals surface area (Å²) in [5, 5.41) is 68.0. The third-order valence-electron chi connectivity index (χ3n) is 19.2. The van der Waals surface area contributed by atoms with Crippen molar-refractivity contribution in [2.24, 2.45) is 5.73 Å². The number of halogens is 10. The number of alkyl halides is 9. The third-order valence-corrected chi connectivity index (χ3v) is 19.9. The van der Waals surface area contributed by atoms with Gasteiger partial charge in [0.25, 0.3) is 0 Å². The van der Waals surface area contributed by atoms with Gasteiger partial charge in [0.2, 0.25) is 0 Å². The zero-order valence-corrected chi connectivity index (χ0v) is 72.5. The van der Waals surface area contributed by atoms with E-state index >= 15 is 0 Å². The molecule has 0 spiro atoms. The van der Waals surface area contributed by atoms with Crippen LogP contribution in [0.2, 0.25) is 0 Å². The molecule has 4 aromatic heterocycles. The minimum Gasteiger partial charge on any atom is -0.475 e. The van der Waals surface area contributed by atoms with Crippen molar-refractivity contribution in [1.29, 1.82) is 0 Å². The van der Waals surface area contributed by atoms with Crippen LogP contribution < -0.4 is 27.1 Å². The number of pyridine rings is 4. The summed E-state index contributed by atoms with van der Waals surface area (Å²) in [6, 6.07) is 45.1. The molecule has 4 aromatic carbocycles. The molecule has 0 radical (unpaired) electrons. The van der Waals surface area contributed by atoms with E-state index < -0.39 is 101 Å². The SMILES string of the molecule is CC(C)(C)OC(=O)NC1(c2ccc(-c3ccc(C4(O)CC4)cc3)cn2)CC1.CC(C)(C)OC(=O)NC1(c2ccc(I)cn2)CC1.COC(=O)c1ccc(-c2ccc(C3(NC(=O)OC(C)(C)C)CC3)nc2)cc1.COC(=O)c1ccc(B(O)O)cc1.NC1(c2ccc(-c3ccc(C4(O)CC4)cc3)cn2)CC1.O=C(O)C(F)(F)F.O=C(O)C(F)(F)F.O=C(O)C(F)(F)F. The molecule has 3 amide bonds. The fourth-order valence-electron chi connectivity index (χ4n) is 11.4. The maximum absolute atomic E-state index is 12.1. The Morgan fingerprint density at radius 2 is 0.619 bits per heavy atom. The predicted octanol–water partition coefficient (Wildman–Crippen LogP) is 15.2. The molecule has 0 atom stereocenters. The Labute approximate surface area is 732 Å². The first kappa shape index (κ1) is 102. The average Bonchev–Trinajstić information content (AvgIpc) is 1.62. The van der Waals surface area contributed by atoms with Gasteiger partial charge in [0, 0.05) is 45.0 Å². The summed E-state index contributed by atoms with van der Waals surface area (Å²) in [7, 11) is 1.14. The van der Waals surface area contributed by atoms with Crippen molar-refractivity contribution in [3.63, 3.8) is 0 Å². The van der Waals surface area contributed by atoms with Crippen LogP contribution in [0.3, 0.4) is 0 Å². The lowest BCUT2D eigenvalue weighted by atomic mass is 9.80. The van der Waals surface area contributed by atoms with Gasteiger partial charge in [-0.05, 0) is 250 Å². The van der Waals surface area contributed by atoms with Gasteiger partial charge in [0.05, 0.1) is 81.5 Å². The molecule has 6 fully saturated rings. The molecule has 4 heterocycles. The van der Waals surface area contributed by atoms with Crippen molar-refractivity contribution in [3.8, 4) is 33.4 Å². The third kappa shape index (κ3) is 31.6. The van der Waals surface area contributed by atoms with E-state index in [-0.39, 0.29) is 23.1 Å². The molecule has 126 heavy (non-hydrogen) atoms. The second-order valence-corrected chi connectivity index (χ2v) is 34.4. The molecule has 12 N–H and O–H groups in total. The van der Waals surface area contributed by atoms with E-state index in [0.29, 0.717) is 16.6 Å². The summed E-state index contributed by atoms with van der Waals surface area (Å²) >= 11 is 2.21. The van der Waals surface area contributed by atoms with Gasteiger partial charge in [-0.2, -0.15) is 39.5 Å². The summed E-state index contributed by atoms with van der Waals surface area (Å²) in [6.45, 7) is 16.6. The van der Waals surface area contributed by atoms with Crippen molar-refractivity contribution >= 4 is 83.3 Å². The van der Waals surface area contributed by atoms with Crippen LogP contribution in [0.4, 0.5) is 53.9 Å². The zero-order valence-electron chi connectivity index (χ0n) is 70.3. The number of carboxylic acid groups (broad SMARTS) is 3. The van der Waals surface area contributed by atoms with Crippen LogP contribution in [0.25, 0.3) is 33.4 Å². The smallest absolute Gasteiger partial charge is 0.475 e. The Morgan fingerprint density at radius 1 is 0.373 bits per heavy atom. The largest absolute Gasteiger partial charge is 0.490 e. The number of alkyl carbamates (subject to hydrolysis) is 3. The number of nitrogens with one attached hydrogen (secondary N) is 3. The average molecular weight is 1880 g/mol. The van der Waals surface area contributed by atoms with E-state index in [9.17, 15) is 73.7 Å². The first-order valence-electron chi connectivity index (χ1n) is 38.9. The number of nitrogens with zero attached hydrogens (tertiary/aromatic N) is 4. The number of carbonyl (C=O) groups is 8. The van der Waals surface area contributed by atoms with Gasteiger partial charge >= 0.3 is 73.8 Å². The van der Waals surface area contributed by atoms with Crippen LogP contribution in [0.5, 0.6) is 0 Å². The molecule has 6 saturated carbocycles. The minimum absolute atomic E-state index is 0.169. The molecule has 678 valence electrons. The maximum Gasteiger partial charge on any atom is 0.490 e. The lowest BCUT2D eigenvalue weighted by molar-refractivity contribution is -0.193. The molecule has 0 unspecified atom stereocenters. The Hall–Kier alpha value is -11.4. The first-order chi connectivity index (χ1) is 58.3. The molecule has 14 rings (SSSR count). The van der Waals surface area contributed by atoms with Gasteiger partial charge in [-0.1, -0.05) is 91.0 Å². The minimum atomic E-state index is -5.08. The van der Waals surface area contributed by atoms with E-state index in [2.05, 4.69) is 81.4 Å². The van der Waals surface area contributed by atoms with Gasteiger partial charge in [0.15, 0.2) is 0 Å². The van der Waals surface area contributed by atoms with Crippen molar-refractivity contribution in [1.82, 2.24) is 35.9 Å². The van der Waals surface area contributed by atoms with E-state index in [1.165, 1.54) is 38.5 Å². The lowest BCUT2D eigenvalue weighted by Crippen LogP contribution is -2.39. The Morgan fingerprint density at radius 3 is 0.825 bits per heavy atom. The molecular weight excluding hydrogens is 1790 g/mol. The number of aliphatic hydroxyl groups is 2. The number of ether oxygens (including phenoxy) is 5. The van der Waals surface area contributed by atoms with Crippen molar-refractivity contribution in [2.75, 3.05) is 14.2 Å². The predicted molar refractivity (Wildman–Crippen MR) is 448 cm³/mol. The number of esters is 2. The molecule has 6 aliphatic rings. The number of aliphatic carboxylic acids is 3. The summed E-state index contributed by atoms with van der Waals surface area (Å²) in [6.07, 6.45) is 1.62. The van der Waals surface area contributed by atoms with Gasteiger partial charge in [-0.15, -0.1) is 0 Å². The van der Waals surface area contributed by atoms with E-state index in [0.717, 1.165) is 148 Å². The summed E-state index contributed by atoms with van der Waals surface area (Å²) in [4.78, 5) is 103. The van der Waals surface area contributed by atoms with Gasteiger partial charge in [-0.25, -0.2) is 38.4 Å². The molecule has 8 aromatic rings. The summed E-state index contributed by atoms with van der Waals surface area (Å²) in [5.41, 5.74) is 15.1. The maximum atomic E-state index is 12.1. The first-order valence-corrected chi connectivity index (χ1v) is 40.0. The molecule has 0 bridgehead atoms. The number of benzene rings is 4. The molecule has 39 heteroatoms. The van der Waals surface area contributed by atoms with Gasteiger partial charge in [0.1, 0.15) is 16.8 Å². The number of nitrogens with two attached hydrogens (primary N) is 1. The van der Waals surface area contributed by atoms with Crippen LogP contribution in [0.1, 0.15) is 194 Å². The highest BCUT2D eigenvalue weighted by molar-refractivity contribution is 14.1. The van der Waals surface area contributed by atoms with E-state index in [1.54, 1.807) is 18.3 Å². The number of carbonyl (C=O) groups excluding carboxylic acids is 5. The molecule has 28 nitrogen and oxygen atoms in total. The van der Waals surface area contributed by atoms with Crippen molar-refractivity contribution in [2.45, 2.75) is 208 Å². The molecule has 6 aliphatic carbocycles. The summed E-state index contributed by atoms with van der Waals surface area (Å²) in [5.74, 6) is -9.08. The lowest BCUT2D eigenvalue weighted by Gasteiger charge is -2.23. The molecule has 0 aliphatic heterocycles. The number of hydrogen-bond donors (Lipinski definition) is 11. The quantitative estimate of drug-likeness (QED) is 0.0149. The monoisotopic (exact) mass is 1880 g/mol. The van der Waals surface area contributed by atoms with Gasteiger partial charge < -0.3 is 80.9 Å². The van der Waals surface area contributed by atoms with E-state index in [1.807, 2.05) is 172 Å². The number of amides is 3. The number of rotatable bonds is 15. The fourth-order valence-corrected chi connectivity index (χ4v) is 11.7. The Bertz CT molecular complexity index is 4940. The Kier molecular flexibility index (Phi) is 33.0. The van der Waals surface area contributed by atoms with Crippen LogP contribution in [0, 0.1) is 3.57 Å². The Balaban J connectivity index is 0.000000207. The van der Waals surface area contributed by atoms with Crippen LogP contribution in [0.15, 0.2) is 170 Å². The van der Waals surface area contributed by atoms with Crippen molar-refractivity contribution < 1.29 is 137 Å². The standard InChI is InChI=1S/C22H26N2O3.C21H24N2O4.C17H18N2O.C13H17IN2O2.C8H9BO4.3C2HF3O2/c1-20(2,3)27-19(25)24-21(10-11-21)18-9-6-16(14-23-18)15-4-7-17(8-5-15)22(26)12-13-22;1-20(2,3)27-19(25)23-21(11-12-21)17-10-9-16(13-22-17)14-5-7-15(8-6-14)18(24)26-4;18-16(7-8-16)15-6-3-13(11-19-15)12-1-4-14(5-2-12)17(20)9-10-17;1-12(2,3)18-11(17)16-13(6-7-13)10-5-4-9(14)8-15-10;1-13-8(10)6-2-4-7(5-3-6)9(11)12;3*3-2(4,5)1(6)7/h4-9,14,26H,10-13H2,1-3H3,(H,24,25);5-10,13H,11-12H2,1-4H3,(H,23,25);1-6,11,20H,7-10,18H2;4-5,8H,6-7H2,1-3H3,(H,16,17);2-5,11-12H,1H3;3*(H,6,7). The topological polar surface area (TPSA) is 438 Å². The number of methoxy groups -OCH3 is 2. The van der Waals surface area contributed by atoms with Crippen LogP contribution >= 0.6 is 22.6 Å². The van der Waals surface area contributed by atoms with Gasteiger partial charge in [-0.3, -0.25) is 19.9 Å². The highest BCUT2D eigenvalue weighted by Crippen LogP contribution is 2.50. The zero-order chi connectivity index (χ0) is 94.2. The normalized spacial score (nSPS) is 16.0. The number of aromatic nitrogens is 4. The summed E-state index contributed by atoms with van der Waals surface area (Å²) < 4.78 is 121. The number of carboxylic acids is 3.